The Bertz CT molecular complexity index is 502. The van der Waals surface area contributed by atoms with Crippen molar-refractivity contribution in [3.05, 3.63) is 35.1 Å². The molecule has 0 spiro atoms. The summed E-state index contributed by atoms with van der Waals surface area (Å²) >= 11 is 0. The van der Waals surface area contributed by atoms with Crippen LogP contribution < -0.4 is 11.1 Å². The van der Waals surface area contributed by atoms with Gasteiger partial charge in [-0.15, -0.1) is 24.0 Å². The first-order valence-electron chi connectivity index (χ1n) is 6.47. The summed E-state index contributed by atoms with van der Waals surface area (Å²) in [6.45, 7) is 4.10. The molecule has 0 unspecified atom stereocenters. The lowest BCUT2D eigenvalue weighted by Gasteiger charge is -2.06. The van der Waals surface area contributed by atoms with Crippen LogP contribution in [0.15, 0.2) is 23.2 Å². The third-order valence-corrected chi connectivity index (χ3v) is 2.58. The van der Waals surface area contributed by atoms with Gasteiger partial charge in [0.25, 0.3) is 0 Å². The zero-order valence-corrected chi connectivity index (χ0v) is 14.3. The van der Waals surface area contributed by atoms with Gasteiger partial charge in [-0.25, -0.2) is 9.38 Å². The molecule has 21 heavy (non-hydrogen) atoms. The summed E-state index contributed by atoms with van der Waals surface area (Å²) in [6.07, 6.45) is 0.829. The molecule has 0 saturated carbocycles. The average Bonchev–Trinajstić information content (AvgIpc) is 2.45. The predicted octanol–water partition coefficient (Wildman–Crippen LogP) is 2.15. The van der Waals surface area contributed by atoms with Crippen molar-refractivity contribution in [1.82, 2.24) is 5.32 Å². The molecular weight excluding hydrogens is 386 g/mol. The van der Waals surface area contributed by atoms with Crippen molar-refractivity contribution in [1.29, 1.82) is 5.26 Å². The molecule has 0 bridgehead atoms. The van der Waals surface area contributed by atoms with Crippen LogP contribution in [0.3, 0.4) is 0 Å². The Hall–Kier alpha value is -1.40. The maximum atomic E-state index is 13.6. The van der Waals surface area contributed by atoms with Gasteiger partial charge < -0.3 is 15.8 Å². The van der Waals surface area contributed by atoms with Crippen LogP contribution in [0.1, 0.15) is 24.5 Å². The van der Waals surface area contributed by atoms with E-state index < -0.39 is 5.82 Å². The summed E-state index contributed by atoms with van der Waals surface area (Å²) in [4.78, 5) is 4.05. The van der Waals surface area contributed by atoms with Crippen LogP contribution in [-0.2, 0) is 11.3 Å². The van der Waals surface area contributed by atoms with Crippen LogP contribution in [0.4, 0.5) is 4.39 Å². The standard InChI is InChI=1S/C14H19FN4O.HI/c1-2-20-7-3-6-18-14(17)19-10-12-5-4-11(9-16)8-13(12)15;/h4-5,8H,2-3,6-7,10H2,1H3,(H3,17,18,19);1H. The Kier molecular flexibility index (Phi) is 10.5. The molecule has 1 aromatic carbocycles. The normalized spacial score (nSPS) is 10.6. The van der Waals surface area contributed by atoms with Crippen molar-refractivity contribution in [3.8, 4) is 6.07 Å². The molecule has 7 heteroatoms. The fraction of sp³-hybridized carbons (Fsp3) is 0.429. The fourth-order valence-corrected chi connectivity index (χ4v) is 1.51. The number of nitrogens with zero attached hydrogens (tertiary/aromatic N) is 2. The molecule has 0 radical (unpaired) electrons. The van der Waals surface area contributed by atoms with E-state index in [9.17, 15) is 4.39 Å². The van der Waals surface area contributed by atoms with E-state index in [1.165, 1.54) is 6.07 Å². The van der Waals surface area contributed by atoms with E-state index in [1.807, 2.05) is 13.0 Å². The molecular formula is C14H20FIN4O. The Balaban J connectivity index is 0.00000400. The summed E-state index contributed by atoms with van der Waals surface area (Å²) in [5.41, 5.74) is 6.36. The van der Waals surface area contributed by atoms with Gasteiger partial charge in [-0.05, 0) is 25.5 Å². The first-order chi connectivity index (χ1) is 9.67. The zero-order chi connectivity index (χ0) is 14.8. The lowest BCUT2D eigenvalue weighted by molar-refractivity contribution is 0.145. The fourth-order valence-electron chi connectivity index (χ4n) is 1.51. The van der Waals surface area contributed by atoms with Gasteiger partial charge >= 0.3 is 0 Å². The van der Waals surface area contributed by atoms with Gasteiger partial charge in [0, 0.05) is 25.3 Å². The molecule has 0 aliphatic carbocycles. The average molecular weight is 406 g/mol. The molecule has 0 aromatic heterocycles. The maximum Gasteiger partial charge on any atom is 0.188 e. The summed E-state index contributed by atoms with van der Waals surface area (Å²) in [7, 11) is 0. The van der Waals surface area contributed by atoms with E-state index in [0.29, 0.717) is 25.3 Å². The smallest absolute Gasteiger partial charge is 0.188 e. The number of aliphatic imine (C=N–C) groups is 1. The van der Waals surface area contributed by atoms with Crippen LogP contribution in [0.2, 0.25) is 0 Å². The largest absolute Gasteiger partial charge is 0.382 e. The summed E-state index contributed by atoms with van der Waals surface area (Å²) < 4.78 is 18.8. The van der Waals surface area contributed by atoms with Crippen LogP contribution in [0.25, 0.3) is 0 Å². The van der Waals surface area contributed by atoms with E-state index in [4.69, 9.17) is 15.7 Å². The van der Waals surface area contributed by atoms with E-state index >= 15 is 0 Å². The summed E-state index contributed by atoms with van der Waals surface area (Å²) in [6, 6.07) is 6.17. The highest BCUT2D eigenvalue weighted by atomic mass is 127. The first-order valence-corrected chi connectivity index (χ1v) is 6.47. The van der Waals surface area contributed by atoms with Crippen molar-refractivity contribution in [2.75, 3.05) is 19.8 Å². The number of benzene rings is 1. The number of rotatable bonds is 7. The lowest BCUT2D eigenvalue weighted by Crippen LogP contribution is -2.32. The van der Waals surface area contributed by atoms with Crippen molar-refractivity contribution < 1.29 is 9.13 Å². The third-order valence-electron chi connectivity index (χ3n) is 2.58. The van der Waals surface area contributed by atoms with E-state index in [0.717, 1.165) is 6.42 Å². The number of guanidine groups is 1. The van der Waals surface area contributed by atoms with E-state index in [2.05, 4.69) is 10.3 Å². The van der Waals surface area contributed by atoms with Crippen LogP contribution in [0, 0.1) is 17.1 Å². The van der Waals surface area contributed by atoms with E-state index in [-0.39, 0.29) is 42.0 Å². The molecule has 0 heterocycles. The molecule has 0 aliphatic rings. The number of halogens is 2. The Morgan fingerprint density at radius 2 is 2.29 bits per heavy atom. The molecule has 0 atom stereocenters. The zero-order valence-electron chi connectivity index (χ0n) is 11.9. The van der Waals surface area contributed by atoms with Gasteiger partial charge in [0.1, 0.15) is 5.82 Å². The molecule has 1 rings (SSSR count). The van der Waals surface area contributed by atoms with Gasteiger partial charge in [-0.2, -0.15) is 5.26 Å². The predicted molar refractivity (Wildman–Crippen MR) is 91.0 cm³/mol. The minimum absolute atomic E-state index is 0. The molecule has 0 saturated heterocycles. The Labute approximate surface area is 141 Å². The van der Waals surface area contributed by atoms with Crippen molar-refractivity contribution >= 4 is 29.9 Å². The monoisotopic (exact) mass is 406 g/mol. The van der Waals surface area contributed by atoms with Gasteiger partial charge in [0.2, 0.25) is 0 Å². The Morgan fingerprint density at radius 3 is 2.90 bits per heavy atom. The van der Waals surface area contributed by atoms with Crippen molar-refractivity contribution in [3.63, 3.8) is 0 Å². The van der Waals surface area contributed by atoms with Crippen molar-refractivity contribution in [2.45, 2.75) is 19.9 Å². The number of ether oxygens (including phenoxy) is 1. The van der Waals surface area contributed by atoms with Gasteiger partial charge in [0.05, 0.1) is 18.2 Å². The summed E-state index contributed by atoms with van der Waals surface area (Å²) in [5.74, 6) is -0.179. The van der Waals surface area contributed by atoms with Crippen LogP contribution in [0.5, 0.6) is 0 Å². The second-order valence-corrected chi connectivity index (χ2v) is 4.10. The lowest BCUT2D eigenvalue weighted by atomic mass is 10.1. The highest BCUT2D eigenvalue weighted by Crippen LogP contribution is 2.10. The topological polar surface area (TPSA) is 83.4 Å². The minimum atomic E-state index is -0.447. The number of hydrogen-bond donors (Lipinski definition) is 2. The van der Waals surface area contributed by atoms with Crippen LogP contribution >= 0.6 is 24.0 Å². The Morgan fingerprint density at radius 1 is 1.52 bits per heavy atom. The summed E-state index contributed by atoms with van der Waals surface area (Å²) in [5, 5.41) is 11.6. The quantitative estimate of drug-likeness (QED) is 0.315. The minimum Gasteiger partial charge on any atom is -0.382 e. The molecule has 0 fully saturated rings. The highest BCUT2D eigenvalue weighted by Gasteiger charge is 2.03. The highest BCUT2D eigenvalue weighted by molar-refractivity contribution is 14.0. The van der Waals surface area contributed by atoms with Gasteiger partial charge in [0.15, 0.2) is 5.96 Å². The maximum absolute atomic E-state index is 13.6. The second kappa shape index (κ2) is 11.3. The molecule has 0 amide bonds. The number of nitriles is 1. The SMILES string of the molecule is CCOCCCNC(N)=NCc1ccc(C#N)cc1F.I. The molecule has 0 aliphatic heterocycles. The molecule has 5 nitrogen and oxygen atoms in total. The number of nitrogens with two attached hydrogens (primary N) is 1. The van der Waals surface area contributed by atoms with Crippen molar-refractivity contribution in [2.24, 2.45) is 10.7 Å². The third kappa shape index (κ3) is 7.82. The number of nitrogens with one attached hydrogen (secondary N) is 1. The van der Waals surface area contributed by atoms with Gasteiger partial charge in [-0.1, -0.05) is 6.07 Å². The number of hydrogen-bond acceptors (Lipinski definition) is 3. The van der Waals surface area contributed by atoms with E-state index in [1.54, 1.807) is 12.1 Å². The first kappa shape index (κ1) is 19.6. The molecule has 116 valence electrons. The van der Waals surface area contributed by atoms with Gasteiger partial charge in [-0.3, -0.25) is 0 Å². The van der Waals surface area contributed by atoms with Crippen LogP contribution in [-0.4, -0.2) is 25.7 Å². The second-order valence-electron chi connectivity index (χ2n) is 4.10. The molecule has 1 aromatic rings. The molecule has 3 N–H and O–H groups in total.